The summed E-state index contributed by atoms with van der Waals surface area (Å²) in [5, 5.41) is 20.1. The number of rotatable bonds is 2. The molecule has 4 nitrogen and oxygen atoms in total. The topological polar surface area (TPSA) is 63.6 Å². The van der Waals surface area contributed by atoms with E-state index in [1.165, 1.54) is 6.92 Å². The summed E-state index contributed by atoms with van der Waals surface area (Å²) in [7, 11) is 2.07. The molecule has 1 aromatic carbocycles. The molecule has 0 spiro atoms. The summed E-state index contributed by atoms with van der Waals surface area (Å²) in [4.78, 5) is 11.5. The Morgan fingerprint density at radius 2 is 1.85 bits per heavy atom. The highest BCUT2D eigenvalue weighted by Crippen LogP contribution is 2.44. The van der Waals surface area contributed by atoms with Gasteiger partial charge in [-0.2, -0.15) is 0 Å². The molecule has 1 fully saturated rings. The third-order valence-corrected chi connectivity index (χ3v) is 4.32. The second kappa shape index (κ2) is 6.37. The molecule has 20 heavy (non-hydrogen) atoms. The maximum absolute atomic E-state index is 10.8. The number of carboxylic acid groups (broad SMARTS) is 1. The van der Waals surface area contributed by atoms with E-state index in [0.29, 0.717) is 0 Å². The summed E-state index contributed by atoms with van der Waals surface area (Å²) in [6.07, 6.45) is 0.917. The maximum atomic E-state index is 10.8. The van der Waals surface area contributed by atoms with E-state index >= 15 is 0 Å². The van der Waals surface area contributed by atoms with Gasteiger partial charge in [-0.05, 0) is 39.3 Å². The molecule has 0 aromatic heterocycles. The minimum atomic E-state index is -0.995. The molecular weight excluding hydrogens is 254 g/mol. The quantitative estimate of drug-likeness (QED) is 0.881. The number of carbonyl (C=O) groups is 1. The summed E-state index contributed by atoms with van der Waals surface area (Å²) in [5.41, 5.74) is 0.108. The van der Waals surface area contributed by atoms with Gasteiger partial charge in [0.2, 0.25) is 0 Å². The first-order valence-electron chi connectivity index (χ1n) is 6.94. The van der Waals surface area contributed by atoms with Crippen LogP contribution in [0.15, 0.2) is 30.3 Å². The number of carboxylic acids is 1. The van der Waals surface area contributed by atoms with E-state index in [-0.39, 0.29) is 12.0 Å². The van der Waals surface area contributed by atoms with Gasteiger partial charge in [0, 0.05) is 18.1 Å². The van der Waals surface area contributed by atoms with Crippen molar-refractivity contribution in [3.63, 3.8) is 0 Å². The van der Waals surface area contributed by atoms with E-state index in [4.69, 9.17) is 0 Å². The Labute approximate surface area is 121 Å². The van der Waals surface area contributed by atoms with Crippen molar-refractivity contribution in [1.29, 1.82) is 0 Å². The van der Waals surface area contributed by atoms with Gasteiger partial charge in [-0.15, -0.1) is 0 Å². The van der Waals surface area contributed by atoms with Gasteiger partial charge < -0.3 is 15.0 Å². The van der Waals surface area contributed by atoms with Crippen LogP contribution in [0.25, 0.3) is 0 Å². The van der Waals surface area contributed by atoms with Crippen molar-refractivity contribution in [1.82, 2.24) is 4.90 Å². The van der Waals surface area contributed by atoms with Crippen LogP contribution in [-0.2, 0) is 10.4 Å². The predicted octanol–water partition coefficient (Wildman–Crippen LogP) is 1.13. The molecule has 1 atom stereocenters. The minimum absolute atomic E-state index is 0.111. The van der Waals surface area contributed by atoms with E-state index in [1.807, 2.05) is 30.3 Å². The maximum Gasteiger partial charge on any atom is 0.109 e. The summed E-state index contributed by atoms with van der Waals surface area (Å²) in [6.45, 7) is 6.69. The number of aliphatic hydroxyl groups is 1. The van der Waals surface area contributed by atoms with Gasteiger partial charge in [0.25, 0.3) is 0 Å². The molecule has 1 saturated heterocycles. The van der Waals surface area contributed by atoms with Crippen LogP contribution in [0, 0.1) is 0 Å². The molecule has 0 aliphatic carbocycles. The highest BCUT2D eigenvalue weighted by Gasteiger charge is 2.51. The Morgan fingerprint density at radius 1 is 1.35 bits per heavy atom. The first kappa shape index (κ1) is 16.7. The van der Waals surface area contributed by atoms with Crippen molar-refractivity contribution in [2.75, 3.05) is 13.6 Å². The number of benzene rings is 1. The van der Waals surface area contributed by atoms with Crippen LogP contribution < -0.4 is 5.11 Å². The number of likely N-dealkylation sites (N-methyl/N-ethyl adjacent to an activating group) is 1. The molecule has 1 N–H and O–H groups in total. The summed E-state index contributed by atoms with van der Waals surface area (Å²) >= 11 is 0. The molecule has 112 valence electrons. The molecule has 1 aromatic rings. The predicted molar refractivity (Wildman–Crippen MR) is 77.0 cm³/mol. The Balaban J connectivity index is 0.000000347. The standard InChI is InChI=1S/C13H19NO.C3H6O2/c1-12(2)13(15,9-10-14(12)3)11-7-5-4-6-8-11;1-2-3(4)5/h4-8,15H,9-10H2,1-3H3;2H2,1H3,(H,4,5)/p-1. The zero-order valence-corrected chi connectivity index (χ0v) is 12.7. The van der Waals surface area contributed by atoms with Gasteiger partial charge in [-0.1, -0.05) is 37.3 Å². The van der Waals surface area contributed by atoms with Crippen LogP contribution in [0.2, 0.25) is 0 Å². The summed E-state index contributed by atoms with van der Waals surface area (Å²) in [6, 6.07) is 9.99. The zero-order valence-electron chi connectivity index (χ0n) is 12.7. The lowest BCUT2D eigenvalue weighted by Crippen LogP contribution is -2.50. The average Bonchev–Trinajstić information content (AvgIpc) is 2.65. The number of likely N-dealkylation sites (tertiary alicyclic amines) is 1. The van der Waals surface area contributed by atoms with Crippen LogP contribution in [-0.4, -0.2) is 35.1 Å². The number of carbonyl (C=O) groups excluding carboxylic acids is 1. The van der Waals surface area contributed by atoms with Crippen molar-refractivity contribution in [3.8, 4) is 0 Å². The van der Waals surface area contributed by atoms with Crippen LogP contribution in [0.3, 0.4) is 0 Å². The summed E-state index contributed by atoms with van der Waals surface area (Å²) < 4.78 is 0. The highest BCUT2D eigenvalue weighted by atomic mass is 16.4. The highest BCUT2D eigenvalue weighted by molar-refractivity contribution is 5.63. The monoisotopic (exact) mass is 278 g/mol. The number of aliphatic carboxylic acids is 1. The Kier molecular flexibility index (Phi) is 5.31. The molecule has 0 amide bonds. The van der Waals surface area contributed by atoms with Gasteiger partial charge >= 0.3 is 0 Å². The molecule has 0 saturated carbocycles. The first-order chi connectivity index (χ1) is 9.25. The third kappa shape index (κ3) is 3.19. The lowest BCUT2D eigenvalue weighted by molar-refractivity contribution is -0.305. The fourth-order valence-corrected chi connectivity index (χ4v) is 2.44. The van der Waals surface area contributed by atoms with Crippen molar-refractivity contribution in [2.24, 2.45) is 0 Å². The molecule has 0 radical (unpaired) electrons. The molecular formula is C16H24NO3-. The lowest BCUT2D eigenvalue weighted by atomic mass is 9.78. The second-order valence-electron chi connectivity index (χ2n) is 5.68. The van der Waals surface area contributed by atoms with E-state index in [1.54, 1.807) is 0 Å². The Bertz CT molecular complexity index is 444. The van der Waals surface area contributed by atoms with Gasteiger partial charge in [0.15, 0.2) is 0 Å². The Morgan fingerprint density at radius 3 is 2.20 bits per heavy atom. The molecule has 4 heteroatoms. The Hall–Kier alpha value is -1.39. The van der Waals surface area contributed by atoms with Gasteiger partial charge in [0.1, 0.15) is 5.60 Å². The average molecular weight is 278 g/mol. The normalized spacial score (nSPS) is 24.9. The second-order valence-corrected chi connectivity index (χ2v) is 5.68. The van der Waals surface area contributed by atoms with Gasteiger partial charge in [-0.3, -0.25) is 4.90 Å². The smallest absolute Gasteiger partial charge is 0.109 e. The van der Waals surface area contributed by atoms with Gasteiger partial charge in [0.05, 0.1) is 0 Å². The molecule has 2 rings (SSSR count). The molecule has 1 unspecified atom stereocenters. The van der Waals surface area contributed by atoms with E-state index in [0.717, 1.165) is 18.5 Å². The van der Waals surface area contributed by atoms with E-state index in [9.17, 15) is 15.0 Å². The molecule has 1 aliphatic rings. The third-order valence-electron chi connectivity index (χ3n) is 4.32. The molecule has 1 aliphatic heterocycles. The van der Waals surface area contributed by atoms with Crippen LogP contribution in [0.4, 0.5) is 0 Å². The number of nitrogens with zero attached hydrogens (tertiary/aromatic N) is 1. The number of hydrogen-bond donors (Lipinski definition) is 1. The van der Waals surface area contributed by atoms with Crippen LogP contribution in [0.1, 0.15) is 39.2 Å². The van der Waals surface area contributed by atoms with Crippen molar-refractivity contribution >= 4 is 5.97 Å². The zero-order chi connectivity index (χ0) is 15.4. The van der Waals surface area contributed by atoms with Crippen molar-refractivity contribution < 1.29 is 15.0 Å². The fourth-order valence-electron chi connectivity index (χ4n) is 2.44. The van der Waals surface area contributed by atoms with Crippen LogP contribution >= 0.6 is 0 Å². The number of hydrogen-bond acceptors (Lipinski definition) is 4. The molecule has 0 bridgehead atoms. The van der Waals surface area contributed by atoms with E-state index in [2.05, 4.69) is 25.8 Å². The first-order valence-corrected chi connectivity index (χ1v) is 6.94. The van der Waals surface area contributed by atoms with Crippen molar-refractivity contribution in [3.05, 3.63) is 35.9 Å². The van der Waals surface area contributed by atoms with Gasteiger partial charge in [-0.25, -0.2) is 0 Å². The summed E-state index contributed by atoms with van der Waals surface area (Å²) in [5.74, 6) is -0.995. The van der Waals surface area contributed by atoms with E-state index < -0.39 is 11.6 Å². The fraction of sp³-hybridized carbons (Fsp3) is 0.562. The largest absolute Gasteiger partial charge is 0.550 e. The minimum Gasteiger partial charge on any atom is -0.550 e. The lowest BCUT2D eigenvalue weighted by Gasteiger charge is -2.40. The van der Waals surface area contributed by atoms with Crippen molar-refractivity contribution in [2.45, 2.75) is 44.8 Å². The molecule has 1 heterocycles. The van der Waals surface area contributed by atoms with Crippen LogP contribution in [0.5, 0.6) is 0 Å². The SMILES string of the molecule is CCC(=O)[O-].CN1CCC(O)(c2ccccc2)C1(C)C.